The Balaban J connectivity index is 0.00000289. The third-order valence-electron chi connectivity index (χ3n) is 2.10. The first-order valence-electron chi connectivity index (χ1n) is 4.85. The number of rotatable bonds is 4. The molecule has 0 fully saturated rings. The fraction of sp³-hybridized carbons (Fsp3) is 0.364. The van der Waals surface area contributed by atoms with Gasteiger partial charge < -0.3 is 15.2 Å². The predicted octanol–water partition coefficient (Wildman–Crippen LogP) is 2.31. The first-order chi connectivity index (χ1) is 7.95. The van der Waals surface area contributed by atoms with Gasteiger partial charge in [0.1, 0.15) is 0 Å². The molecule has 0 aliphatic carbocycles. The van der Waals surface area contributed by atoms with E-state index in [1.165, 1.54) is 32.2 Å². The van der Waals surface area contributed by atoms with Crippen LogP contribution in [0.15, 0.2) is 18.2 Å². The summed E-state index contributed by atoms with van der Waals surface area (Å²) in [6, 6.07) is 2.68. The first kappa shape index (κ1) is 16.6. The first-order valence-corrected chi connectivity index (χ1v) is 4.85. The summed E-state index contributed by atoms with van der Waals surface area (Å²) >= 11 is 0. The average Bonchev–Trinajstić information content (AvgIpc) is 2.27. The van der Waals surface area contributed by atoms with Crippen molar-refractivity contribution >= 4 is 18.4 Å². The van der Waals surface area contributed by atoms with Crippen LogP contribution in [-0.4, -0.2) is 19.5 Å². The molecule has 2 N–H and O–H groups in total. The lowest BCUT2D eigenvalue weighted by Crippen LogP contribution is -2.19. The van der Waals surface area contributed by atoms with Gasteiger partial charge in [-0.3, -0.25) is 4.79 Å². The zero-order valence-corrected chi connectivity index (χ0v) is 10.7. The highest BCUT2D eigenvalue weighted by Gasteiger charge is 2.19. The average molecular weight is 282 g/mol. The van der Waals surface area contributed by atoms with E-state index in [-0.39, 0.29) is 29.5 Å². The minimum Gasteiger partial charge on any atom is -0.493 e. The van der Waals surface area contributed by atoms with Crippen LogP contribution in [0.2, 0.25) is 0 Å². The van der Waals surface area contributed by atoms with Gasteiger partial charge in [-0.05, 0) is 17.7 Å². The van der Waals surface area contributed by atoms with Crippen molar-refractivity contribution in [2.75, 3.05) is 7.11 Å². The van der Waals surface area contributed by atoms with Crippen LogP contribution >= 0.6 is 12.4 Å². The molecular weight excluding hydrogens is 268 g/mol. The molecule has 0 amide bonds. The predicted molar refractivity (Wildman–Crippen MR) is 64.5 cm³/mol. The molecule has 0 unspecified atom stereocenters. The summed E-state index contributed by atoms with van der Waals surface area (Å²) in [6.45, 7) is 1.23. The number of esters is 1. The van der Waals surface area contributed by atoms with E-state index in [4.69, 9.17) is 15.2 Å². The van der Waals surface area contributed by atoms with E-state index in [1.54, 1.807) is 0 Å². The molecule has 0 radical (unpaired) electrons. The number of benzene rings is 1. The fourth-order valence-electron chi connectivity index (χ4n) is 1.28. The molecule has 7 heteroatoms. The van der Waals surface area contributed by atoms with Crippen LogP contribution in [0.1, 0.15) is 18.5 Å². The van der Waals surface area contributed by atoms with E-state index in [2.05, 4.69) is 0 Å². The molecule has 1 aromatic carbocycles. The molecule has 4 nitrogen and oxygen atoms in total. The van der Waals surface area contributed by atoms with E-state index in [0.717, 1.165) is 0 Å². The Morgan fingerprint density at radius 2 is 1.94 bits per heavy atom. The van der Waals surface area contributed by atoms with Gasteiger partial charge in [0.15, 0.2) is 11.5 Å². The van der Waals surface area contributed by atoms with Gasteiger partial charge in [-0.1, -0.05) is 6.07 Å². The van der Waals surface area contributed by atoms with Gasteiger partial charge in [-0.2, -0.15) is 0 Å². The van der Waals surface area contributed by atoms with Gasteiger partial charge in [0, 0.05) is 6.92 Å². The van der Waals surface area contributed by atoms with Crippen molar-refractivity contribution in [3.8, 4) is 11.5 Å². The summed E-state index contributed by atoms with van der Waals surface area (Å²) in [5, 5.41) is 0. The number of methoxy groups -OCH3 is 1. The molecule has 102 valence electrons. The molecule has 0 aromatic heterocycles. The number of hydrogen-bond acceptors (Lipinski definition) is 4. The van der Waals surface area contributed by atoms with E-state index in [9.17, 15) is 13.6 Å². The molecule has 18 heavy (non-hydrogen) atoms. The van der Waals surface area contributed by atoms with Crippen LogP contribution in [-0.2, 0) is 4.79 Å². The molecule has 0 spiro atoms. The lowest BCUT2D eigenvalue weighted by Gasteiger charge is -2.14. The Labute approximate surface area is 109 Å². The zero-order chi connectivity index (χ0) is 13.0. The second-order valence-electron chi connectivity index (χ2n) is 3.36. The van der Waals surface area contributed by atoms with E-state index in [0.29, 0.717) is 0 Å². The molecule has 0 heterocycles. The standard InChI is InChI=1S/C11H13F2NO3.ClH/c1-6(15)17-8-4-3-7(5-9(8)16-2)10(14)11(12)13;/h3-5,10-11H,14H2,1-2H3;1H/t10-;/m0./s1. The Bertz CT molecular complexity index is 415. The summed E-state index contributed by atoms with van der Waals surface area (Å²) in [4.78, 5) is 10.8. The number of carbonyl (C=O) groups is 1. The van der Waals surface area contributed by atoms with Crippen LogP contribution in [0.5, 0.6) is 11.5 Å². The smallest absolute Gasteiger partial charge is 0.308 e. The van der Waals surface area contributed by atoms with Gasteiger partial charge in [0.05, 0.1) is 13.2 Å². The SMILES string of the molecule is COc1cc([C@H](N)C(F)F)ccc1OC(C)=O.Cl. The molecular formula is C11H14ClF2NO3. The largest absolute Gasteiger partial charge is 0.493 e. The third-order valence-corrected chi connectivity index (χ3v) is 2.10. The van der Waals surface area contributed by atoms with Crippen molar-refractivity contribution in [1.29, 1.82) is 0 Å². The lowest BCUT2D eigenvalue weighted by molar-refractivity contribution is -0.132. The molecule has 0 bridgehead atoms. The summed E-state index contributed by atoms with van der Waals surface area (Å²) in [5.41, 5.74) is 5.51. The Morgan fingerprint density at radius 1 is 1.33 bits per heavy atom. The van der Waals surface area contributed by atoms with Crippen molar-refractivity contribution in [2.45, 2.75) is 19.4 Å². The van der Waals surface area contributed by atoms with E-state index in [1.807, 2.05) is 0 Å². The van der Waals surface area contributed by atoms with Crippen molar-refractivity contribution in [3.05, 3.63) is 23.8 Å². The molecule has 1 aromatic rings. The topological polar surface area (TPSA) is 61.6 Å². The Kier molecular flexibility index (Phi) is 6.57. The van der Waals surface area contributed by atoms with Crippen molar-refractivity contribution in [2.24, 2.45) is 5.73 Å². The molecule has 1 atom stereocenters. The number of nitrogens with two attached hydrogens (primary N) is 1. The number of alkyl halides is 2. The molecule has 0 aliphatic heterocycles. The molecule has 0 saturated carbocycles. The van der Waals surface area contributed by atoms with Gasteiger partial charge in [0.2, 0.25) is 0 Å². The van der Waals surface area contributed by atoms with E-state index < -0.39 is 18.4 Å². The summed E-state index contributed by atoms with van der Waals surface area (Å²) < 4.78 is 34.6. The summed E-state index contributed by atoms with van der Waals surface area (Å²) in [7, 11) is 1.35. The van der Waals surface area contributed by atoms with Crippen LogP contribution in [0.25, 0.3) is 0 Å². The van der Waals surface area contributed by atoms with Crippen LogP contribution < -0.4 is 15.2 Å². The minimum atomic E-state index is -2.67. The highest BCUT2D eigenvalue weighted by molar-refractivity contribution is 5.85. The van der Waals surface area contributed by atoms with Gasteiger partial charge in [-0.25, -0.2) is 8.78 Å². The Morgan fingerprint density at radius 3 is 2.39 bits per heavy atom. The number of carbonyl (C=O) groups excluding carboxylic acids is 1. The summed E-state index contributed by atoms with van der Waals surface area (Å²) in [6.07, 6.45) is -2.67. The maximum Gasteiger partial charge on any atom is 0.308 e. The highest BCUT2D eigenvalue weighted by Crippen LogP contribution is 2.31. The van der Waals surface area contributed by atoms with Crippen LogP contribution in [0.4, 0.5) is 8.78 Å². The highest BCUT2D eigenvalue weighted by atomic mass is 35.5. The fourth-order valence-corrected chi connectivity index (χ4v) is 1.28. The number of hydrogen-bond donors (Lipinski definition) is 1. The molecule has 1 rings (SSSR count). The second kappa shape index (κ2) is 7.13. The maximum atomic E-state index is 12.4. The van der Waals surface area contributed by atoms with Crippen molar-refractivity contribution in [3.63, 3.8) is 0 Å². The number of halogens is 3. The number of ether oxygens (including phenoxy) is 2. The molecule has 0 aliphatic rings. The van der Waals surface area contributed by atoms with Gasteiger partial charge >= 0.3 is 5.97 Å². The normalized spacial score (nSPS) is 11.7. The van der Waals surface area contributed by atoms with Crippen LogP contribution in [0, 0.1) is 0 Å². The van der Waals surface area contributed by atoms with Gasteiger partial charge in [0.25, 0.3) is 6.43 Å². The second-order valence-corrected chi connectivity index (χ2v) is 3.36. The molecule has 0 saturated heterocycles. The minimum absolute atomic E-state index is 0. The zero-order valence-electron chi connectivity index (χ0n) is 9.85. The summed E-state index contributed by atoms with van der Waals surface area (Å²) in [5.74, 6) is -0.159. The maximum absolute atomic E-state index is 12.4. The third kappa shape index (κ3) is 4.12. The van der Waals surface area contributed by atoms with Crippen molar-refractivity contribution in [1.82, 2.24) is 0 Å². The van der Waals surface area contributed by atoms with Gasteiger partial charge in [-0.15, -0.1) is 12.4 Å². The lowest BCUT2D eigenvalue weighted by atomic mass is 10.1. The van der Waals surface area contributed by atoms with E-state index >= 15 is 0 Å². The monoisotopic (exact) mass is 281 g/mol. The quantitative estimate of drug-likeness (QED) is 0.679. The Hall–Kier alpha value is -1.40. The van der Waals surface area contributed by atoms with Crippen LogP contribution in [0.3, 0.4) is 0 Å². The van der Waals surface area contributed by atoms with Crippen molar-refractivity contribution < 1.29 is 23.0 Å².